The average molecular weight is 628 g/mol. The fourth-order valence-electron chi connectivity index (χ4n) is 6.03. The molecule has 2 aliphatic rings. The van der Waals surface area contributed by atoms with Gasteiger partial charge in [-0.2, -0.15) is 13.2 Å². The summed E-state index contributed by atoms with van der Waals surface area (Å²) in [6.45, 7) is 5.31. The number of carboxylic acids is 1. The molecule has 0 spiro atoms. The number of aryl methyl sites for hydroxylation is 1. The van der Waals surface area contributed by atoms with Gasteiger partial charge in [0.05, 0.1) is 23.1 Å². The van der Waals surface area contributed by atoms with Crippen LogP contribution in [0.5, 0.6) is 0 Å². The average Bonchev–Trinajstić information content (AvgIpc) is 3.26. The van der Waals surface area contributed by atoms with Gasteiger partial charge in [-0.15, -0.1) is 0 Å². The van der Waals surface area contributed by atoms with Crippen LogP contribution >= 0.6 is 11.6 Å². The van der Waals surface area contributed by atoms with Crippen LogP contribution in [0.25, 0.3) is 0 Å². The highest BCUT2D eigenvalue weighted by Crippen LogP contribution is 2.39. The zero-order chi connectivity index (χ0) is 31.7. The van der Waals surface area contributed by atoms with Gasteiger partial charge in [-0.05, 0) is 68.2 Å². The van der Waals surface area contributed by atoms with Gasteiger partial charge in [0, 0.05) is 32.2 Å². The van der Waals surface area contributed by atoms with E-state index in [2.05, 4.69) is 47.4 Å². The van der Waals surface area contributed by atoms with Gasteiger partial charge < -0.3 is 9.84 Å². The Balaban J connectivity index is 1.54. The van der Waals surface area contributed by atoms with Crippen molar-refractivity contribution in [2.75, 3.05) is 19.7 Å². The molecule has 0 heterocycles. The first-order valence-electron chi connectivity index (χ1n) is 15.2. The fourth-order valence-corrected chi connectivity index (χ4v) is 6.41. The molecule has 2 atom stereocenters. The third-order valence-corrected chi connectivity index (χ3v) is 8.85. The second kappa shape index (κ2) is 15.7. The minimum Gasteiger partial charge on any atom is -0.481 e. The quantitative estimate of drug-likeness (QED) is 0.178. The molecule has 2 unspecified atom stereocenters. The molecule has 4 rings (SSSR count). The molecule has 8 heteroatoms. The molecule has 0 amide bonds. The number of hydrogen-bond acceptors (Lipinski definition) is 3. The van der Waals surface area contributed by atoms with E-state index < -0.39 is 17.7 Å². The minimum atomic E-state index is -4.54. The number of alkyl halides is 3. The maximum absolute atomic E-state index is 13.9. The van der Waals surface area contributed by atoms with Gasteiger partial charge in [0.2, 0.25) is 0 Å². The number of carboxylic acid groups (broad SMARTS) is 1. The smallest absolute Gasteiger partial charge is 0.418 e. The SMILES string of the molecule is CC1=C(CC(=O)O)CC(OCCCN(Cc2ccc(C)c(C(F)(F)F)c2Cl)CC(C2=CC=CCC=C2)c2ccccc2)CC1. The first-order chi connectivity index (χ1) is 21.0. The number of rotatable bonds is 13. The summed E-state index contributed by atoms with van der Waals surface area (Å²) in [6, 6.07) is 13.3. The highest BCUT2D eigenvalue weighted by molar-refractivity contribution is 6.32. The first kappa shape index (κ1) is 33.8. The molecule has 2 aliphatic carbocycles. The molecule has 0 saturated heterocycles. The van der Waals surface area contributed by atoms with Gasteiger partial charge in [-0.3, -0.25) is 9.69 Å². The summed E-state index contributed by atoms with van der Waals surface area (Å²) < 4.78 is 48.0. The lowest BCUT2D eigenvalue weighted by molar-refractivity contribution is -0.138. The lowest BCUT2D eigenvalue weighted by atomic mass is 9.89. The number of benzene rings is 2. The van der Waals surface area contributed by atoms with Crippen molar-refractivity contribution in [1.82, 2.24) is 4.90 Å². The van der Waals surface area contributed by atoms with Crippen molar-refractivity contribution < 1.29 is 27.8 Å². The third-order valence-electron chi connectivity index (χ3n) is 8.42. The summed E-state index contributed by atoms with van der Waals surface area (Å²) in [7, 11) is 0. The number of nitrogens with zero attached hydrogens (tertiary/aromatic N) is 1. The zero-order valence-electron chi connectivity index (χ0n) is 25.4. The molecule has 2 aromatic rings. The molecule has 0 aliphatic heterocycles. The molecule has 0 radical (unpaired) electrons. The normalized spacial score (nSPS) is 18.0. The van der Waals surface area contributed by atoms with Crippen LogP contribution in [-0.4, -0.2) is 41.8 Å². The zero-order valence-corrected chi connectivity index (χ0v) is 26.1. The number of hydrogen-bond donors (Lipinski definition) is 1. The lowest BCUT2D eigenvalue weighted by Crippen LogP contribution is -2.31. The van der Waals surface area contributed by atoms with E-state index in [9.17, 15) is 23.1 Å². The molecule has 236 valence electrons. The van der Waals surface area contributed by atoms with Crippen molar-refractivity contribution >= 4 is 17.6 Å². The Morgan fingerprint density at radius 1 is 1.14 bits per heavy atom. The first-order valence-corrected chi connectivity index (χ1v) is 15.6. The van der Waals surface area contributed by atoms with Gasteiger partial charge >= 0.3 is 12.1 Å². The highest BCUT2D eigenvalue weighted by atomic mass is 35.5. The van der Waals surface area contributed by atoms with Crippen molar-refractivity contribution in [3.05, 3.63) is 117 Å². The van der Waals surface area contributed by atoms with Gasteiger partial charge in [0.15, 0.2) is 0 Å². The van der Waals surface area contributed by atoms with E-state index in [1.54, 1.807) is 6.07 Å². The molecular weight excluding hydrogens is 587 g/mol. The van der Waals surface area contributed by atoms with Crippen LogP contribution in [-0.2, 0) is 22.3 Å². The number of carbonyl (C=O) groups is 1. The van der Waals surface area contributed by atoms with Crippen molar-refractivity contribution in [1.29, 1.82) is 0 Å². The summed E-state index contributed by atoms with van der Waals surface area (Å²) in [5.74, 6) is -0.839. The molecule has 0 bridgehead atoms. The van der Waals surface area contributed by atoms with E-state index in [0.29, 0.717) is 38.1 Å². The second-order valence-electron chi connectivity index (χ2n) is 11.7. The summed E-state index contributed by atoms with van der Waals surface area (Å²) in [5.41, 5.74) is 4.09. The number of allylic oxidation sites excluding steroid dienone is 6. The van der Waals surface area contributed by atoms with Crippen LogP contribution in [0.3, 0.4) is 0 Å². The van der Waals surface area contributed by atoms with E-state index in [-0.39, 0.29) is 35.6 Å². The van der Waals surface area contributed by atoms with E-state index in [4.69, 9.17) is 16.3 Å². The predicted molar refractivity (Wildman–Crippen MR) is 170 cm³/mol. The molecule has 1 N–H and O–H groups in total. The van der Waals surface area contributed by atoms with Crippen molar-refractivity contribution in [2.24, 2.45) is 0 Å². The van der Waals surface area contributed by atoms with Gasteiger partial charge in [0.1, 0.15) is 0 Å². The molecule has 0 saturated carbocycles. The maximum atomic E-state index is 13.9. The van der Waals surface area contributed by atoms with Crippen LogP contribution < -0.4 is 0 Å². The molecule has 4 nitrogen and oxygen atoms in total. The Labute approximate surface area is 263 Å². The van der Waals surface area contributed by atoms with Gasteiger partial charge in [-0.25, -0.2) is 0 Å². The Morgan fingerprint density at radius 3 is 2.64 bits per heavy atom. The molecule has 0 aromatic heterocycles. The van der Waals surface area contributed by atoms with Crippen molar-refractivity contribution in [3.63, 3.8) is 0 Å². The van der Waals surface area contributed by atoms with Gasteiger partial charge in [-0.1, -0.05) is 95.6 Å². The largest absolute Gasteiger partial charge is 0.481 e. The van der Waals surface area contributed by atoms with Crippen molar-refractivity contribution in [2.45, 2.75) is 77.1 Å². The Hall–Kier alpha value is -3.13. The lowest BCUT2D eigenvalue weighted by Gasteiger charge is -2.30. The van der Waals surface area contributed by atoms with Crippen LogP contribution in [0.4, 0.5) is 13.2 Å². The summed E-state index contributed by atoms with van der Waals surface area (Å²) in [5, 5.41) is 9.01. The van der Waals surface area contributed by atoms with E-state index in [1.165, 1.54) is 13.0 Å². The number of aliphatic carboxylic acids is 1. The molecule has 2 aromatic carbocycles. The summed E-state index contributed by atoms with van der Waals surface area (Å²) >= 11 is 6.44. The summed E-state index contributed by atoms with van der Waals surface area (Å²) in [4.78, 5) is 13.5. The molecule has 44 heavy (non-hydrogen) atoms. The number of ether oxygens (including phenoxy) is 1. The third kappa shape index (κ3) is 9.43. The maximum Gasteiger partial charge on any atom is 0.418 e. The Bertz CT molecular complexity index is 1410. The van der Waals surface area contributed by atoms with Crippen molar-refractivity contribution in [3.8, 4) is 0 Å². The van der Waals surface area contributed by atoms with Gasteiger partial charge in [0.25, 0.3) is 0 Å². The topological polar surface area (TPSA) is 49.8 Å². The Kier molecular flexibility index (Phi) is 12.1. The fraction of sp³-hybridized carbons (Fsp3) is 0.417. The standard InChI is InChI=1S/C36H41ClF3NO3/c1-25-16-18-31(21-30(25)22-33(42)43)44-20-10-19-41(23-29-17-15-26(2)34(35(29)37)36(38,39)40)24-32(28-13-8-5-9-14-28)27-11-6-3-4-7-12-27/h3,5-9,11-15,17,31-32H,4,10,16,18-24H2,1-2H3,(H,42,43). The van der Waals surface area contributed by atoms with Crippen LogP contribution in [0.1, 0.15) is 73.6 Å². The predicted octanol–water partition coefficient (Wildman–Crippen LogP) is 9.45. The number of halogens is 4. The highest BCUT2D eigenvalue weighted by Gasteiger charge is 2.36. The summed E-state index contributed by atoms with van der Waals surface area (Å²) in [6.07, 6.45) is 9.75. The monoisotopic (exact) mass is 627 g/mol. The van der Waals surface area contributed by atoms with Crippen LogP contribution in [0.2, 0.25) is 5.02 Å². The Morgan fingerprint density at radius 2 is 1.91 bits per heavy atom. The van der Waals surface area contributed by atoms with E-state index in [0.717, 1.165) is 41.5 Å². The van der Waals surface area contributed by atoms with Crippen LogP contribution in [0.15, 0.2) is 89.6 Å². The minimum absolute atomic E-state index is 0.00698. The van der Waals surface area contributed by atoms with E-state index in [1.807, 2.05) is 25.1 Å². The second-order valence-corrected chi connectivity index (χ2v) is 12.1. The van der Waals surface area contributed by atoms with E-state index >= 15 is 0 Å². The van der Waals surface area contributed by atoms with Crippen LogP contribution in [0, 0.1) is 6.92 Å². The molecular formula is C36H41ClF3NO3. The molecule has 0 fully saturated rings.